The van der Waals surface area contributed by atoms with Crippen molar-refractivity contribution in [2.75, 3.05) is 4.90 Å². The highest BCUT2D eigenvalue weighted by atomic mass is 19.1. The third kappa shape index (κ3) is 5.83. The molecule has 0 aliphatic carbocycles. The minimum Gasteiger partial charge on any atom is -0.467 e. The fourth-order valence-electron chi connectivity index (χ4n) is 3.70. The summed E-state index contributed by atoms with van der Waals surface area (Å²) in [6, 6.07) is 15.2. The van der Waals surface area contributed by atoms with Gasteiger partial charge >= 0.3 is 0 Å². The van der Waals surface area contributed by atoms with Crippen LogP contribution in [-0.4, -0.2) is 37.6 Å². The maximum absolute atomic E-state index is 13.7. The fourth-order valence-corrected chi connectivity index (χ4v) is 3.70. The van der Waals surface area contributed by atoms with E-state index in [1.54, 1.807) is 18.2 Å². The van der Waals surface area contributed by atoms with Gasteiger partial charge in [-0.2, -0.15) is 4.80 Å². The van der Waals surface area contributed by atoms with Gasteiger partial charge in [0.1, 0.15) is 18.1 Å². The maximum Gasteiger partial charge on any atom is 0.251 e. The Morgan fingerprint density at radius 3 is 2.50 bits per heavy atom. The number of aryl methyl sites for hydroxylation is 1. The average molecular weight is 491 g/mol. The number of carbonyl (C=O) groups is 2. The lowest BCUT2D eigenvalue weighted by Crippen LogP contribution is -2.50. The molecule has 10 heteroatoms. The Balaban J connectivity index is 1.70. The highest BCUT2D eigenvalue weighted by Crippen LogP contribution is 2.30. The molecule has 2 aromatic carbocycles. The normalized spacial score (nSPS) is 12.2. The lowest BCUT2D eigenvalue weighted by molar-refractivity contribution is -0.128. The SMILES string of the molecule is Cc1cccc(N(C(=O)Cn2nnc(-c3ccc(F)cc3)n2)C(C(=O)NC(C)(C)C)c2ccco2)c1. The summed E-state index contributed by atoms with van der Waals surface area (Å²) >= 11 is 0. The number of carbonyl (C=O) groups excluding carboxylic acids is 2. The third-order valence-electron chi connectivity index (χ3n) is 5.20. The van der Waals surface area contributed by atoms with Gasteiger partial charge < -0.3 is 9.73 Å². The molecule has 1 atom stereocenters. The van der Waals surface area contributed by atoms with E-state index < -0.39 is 23.4 Å². The first-order valence-corrected chi connectivity index (χ1v) is 11.4. The van der Waals surface area contributed by atoms with Crippen molar-refractivity contribution in [2.45, 2.75) is 45.8 Å². The molecule has 0 saturated carbocycles. The zero-order chi connectivity index (χ0) is 25.9. The summed E-state index contributed by atoms with van der Waals surface area (Å²) in [6.07, 6.45) is 1.46. The molecule has 0 spiro atoms. The van der Waals surface area contributed by atoms with E-state index in [1.165, 1.54) is 35.4 Å². The number of benzene rings is 2. The molecule has 0 radical (unpaired) electrons. The molecule has 36 heavy (non-hydrogen) atoms. The van der Waals surface area contributed by atoms with E-state index in [0.717, 1.165) is 10.4 Å². The molecule has 1 unspecified atom stereocenters. The molecule has 4 aromatic rings. The second kappa shape index (κ2) is 10.1. The van der Waals surface area contributed by atoms with Crippen LogP contribution in [0.4, 0.5) is 10.1 Å². The molecular weight excluding hydrogens is 463 g/mol. The Hall–Kier alpha value is -4.34. The summed E-state index contributed by atoms with van der Waals surface area (Å²) in [4.78, 5) is 29.8. The van der Waals surface area contributed by atoms with E-state index in [1.807, 2.05) is 45.9 Å². The number of amides is 2. The molecule has 0 bridgehead atoms. The Morgan fingerprint density at radius 2 is 1.86 bits per heavy atom. The Kier molecular flexibility index (Phi) is 6.96. The molecule has 2 aromatic heterocycles. The summed E-state index contributed by atoms with van der Waals surface area (Å²) in [6.45, 7) is 7.19. The van der Waals surface area contributed by atoms with Gasteiger partial charge in [0.25, 0.3) is 11.8 Å². The van der Waals surface area contributed by atoms with Crippen LogP contribution in [0, 0.1) is 12.7 Å². The van der Waals surface area contributed by atoms with Crippen molar-refractivity contribution < 1.29 is 18.4 Å². The van der Waals surface area contributed by atoms with Crippen LogP contribution in [0.25, 0.3) is 11.4 Å². The van der Waals surface area contributed by atoms with E-state index in [9.17, 15) is 14.0 Å². The van der Waals surface area contributed by atoms with E-state index >= 15 is 0 Å². The van der Waals surface area contributed by atoms with Gasteiger partial charge in [-0.3, -0.25) is 14.5 Å². The van der Waals surface area contributed by atoms with Crippen molar-refractivity contribution in [3.63, 3.8) is 0 Å². The van der Waals surface area contributed by atoms with Gasteiger partial charge in [-0.25, -0.2) is 4.39 Å². The van der Waals surface area contributed by atoms with Crippen LogP contribution < -0.4 is 10.2 Å². The molecular formula is C26H27FN6O3. The molecule has 2 heterocycles. The minimum absolute atomic E-state index is 0.248. The lowest BCUT2D eigenvalue weighted by atomic mass is 10.1. The van der Waals surface area contributed by atoms with Crippen LogP contribution in [0.15, 0.2) is 71.3 Å². The highest BCUT2D eigenvalue weighted by molar-refractivity contribution is 6.01. The molecule has 0 aliphatic rings. The number of nitrogens with one attached hydrogen (secondary N) is 1. The second-order valence-electron chi connectivity index (χ2n) is 9.41. The lowest BCUT2D eigenvalue weighted by Gasteiger charge is -2.32. The van der Waals surface area contributed by atoms with Gasteiger partial charge in [0.15, 0.2) is 6.04 Å². The standard InChI is InChI=1S/C26H27FN6O3/c1-17-7-5-8-20(15-17)33(23(21-9-6-14-36-21)25(35)28-26(2,3)4)22(34)16-32-30-24(29-31-32)18-10-12-19(27)13-11-18/h5-15,23H,16H2,1-4H3,(H,28,35). The van der Waals surface area contributed by atoms with Gasteiger partial charge in [-0.05, 0) is 87.0 Å². The topological polar surface area (TPSA) is 106 Å². The molecule has 0 fully saturated rings. The van der Waals surface area contributed by atoms with E-state index in [-0.39, 0.29) is 18.2 Å². The Bertz CT molecular complexity index is 1340. The van der Waals surface area contributed by atoms with Crippen LogP contribution in [0.1, 0.15) is 38.1 Å². The fraction of sp³-hybridized carbons (Fsp3) is 0.269. The first kappa shape index (κ1) is 24.8. The monoisotopic (exact) mass is 490 g/mol. The minimum atomic E-state index is -1.08. The van der Waals surface area contributed by atoms with Crippen molar-refractivity contribution in [1.29, 1.82) is 0 Å². The van der Waals surface area contributed by atoms with Crippen molar-refractivity contribution in [3.8, 4) is 11.4 Å². The number of aromatic nitrogens is 4. The zero-order valence-corrected chi connectivity index (χ0v) is 20.5. The van der Waals surface area contributed by atoms with Crippen molar-refractivity contribution in [1.82, 2.24) is 25.5 Å². The number of anilines is 1. The van der Waals surface area contributed by atoms with Crippen molar-refractivity contribution in [3.05, 3.63) is 84.1 Å². The first-order valence-electron chi connectivity index (χ1n) is 11.4. The predicted octanol–water partition coefficient (Wildman–Crippen LogP) is 4.07. The van der Waals surface area contributed by atoms with E-state index in [0.29, 0.717) is 17.0 Å². The maximum atomic E-state index is 13.7. The summed E-state index contributed by atoms with van der Waals surface area (Å²) < 4.78 is 18.9. The number of tetrazole rings is 1. The van der Waals surface area contributed by atoms with Crippen LogP contribution in [0.5, 0.6) is 0 Å². The average Bonchev–Trinajstić information content (AvgIpc) is 3.49. The van der Waals surface area contributed by atoms with Gasteiger partial charge in [0.2, 0.25) is 5.82 Å². The van der Waals surface area contributed by atoms with Crippen LogP contribution in [0.2, 0.25) is 0 Å². The Labute approximate surface area is 207 Å². The summed E-state index contributed by atoms with van der Waals surface area (Å²) in [5, 5.41) is 15.2. The molecule has 2 amide bonds. The first-order chi connectivity index (χ1) is 17.1. The van der Waals surface area contributed by atoms with Crippen molar-refractivity contribution in [2.24, 2.45) is 0 Å². The molecule has 0 aliphatic heterocycles. The third-order valence-corrected chi connectivity index (χ3v) is 5.20. The Morgan fingerprint density at radius 1 is 1.11 bits per heavy atom. The van der Waals surface area contributed by atoms with E-state index in [4.69, 9.17) is 4.42 Å². The molecule has 4 rings (SSSR count). The molecule has 9 nitrogen and oxygen atoms in total. The van der Waals surface area contributed by atoms with Gasteiger partial charge in [0.05, 0.1) is 6.26 Å². The smallest absolute Gasteiger partial charge is 0.251 e. The molecule has 0 saturated heterocycles. The summed E-state index contributed by atoms with van der Waals surface area (Å²) in [7, 11) is 0. The summed E-state index contributed by atoms with van der Waals surface area (Å²) in [5.41, 5.74) is 1.45. The number of furan rings is 1. The van der Waals surface area contributed by atoms with Crippen LogP contribution in [0.3, 0.4) is 0 Å². The van der Waals surface area contributed by atoms with Gasteiger partial charge in [0, 0.05) is 16.8 Å². The second-order valence-corrected chi connectivity index (χ2v) is 9.41. The number of rotatable bonds is 7. The quantitative estimate of drug-likeness (QED) is 0.419. The van der Waals surface area contributed by atoms with Crippen LogP contribution >= 0.6 is 0 Å². The highest BCUT2D eigenvalue weighted by Gasteiger charge is 2.36. The predicted molar refractivity (Wildman–Crippen MR) is 131 cm³/mol. The van der Waals surface area contributed by atoms with Gasteiger partial charge in [-0.15, -0.1) is 10.2 Å². The zero-order valence-electron chi connectivity index (χ0n) is 20.5. The number of nitrogens with zero attached hydrogens (tertiary/aromatic N) is 5. The largest absolute Gasteiger partial charge is 0.467 e. The number of halogens is 1. The molecule has 186 valence electrons. The summed E-state index contributed by atoms with van der Waals surface area (Å²) in [5.74, 6) is -0.671. The van der Waals surface area contributed by atoms with Crippen LogP contribution in [-0.2, 0) is 16.1 Å². The van der Waals surface area contributed by atoms with E-state index in [2.05, 4.69) is 20.7 Å². The number of hydrogen-bond acceptors (Lipinski definition) is 6. The molecule has 1 N–H and O–H groups in total. The van der Waals surface area contributed by atoms with Gasteiger partial charge in [-0.1, -0.05) is 12.1 Å². The number of hydrogen-bond donors (Lipinski definition) is 1. The van der Waals surface area contributed by atoms with Crippen molar-refractivity contribution >= 4 is 17.5 Å².